The number of rotatable bonds is 4. The lowest BCUT2D eigenvalue weighted by molar-refractivity contribution is 0.673. The van der Waals surface area contributed by atoms with E-state index in [1.807, 2.05) is 6.20 Å². The molecule has 1 aliphatic carbocycles. The number of aromatic nitrogens is 1. The summed E-state index contributed by atoms with van der Waals surface area (Å²) in [6.07, 6.45) is 11.6. The molecule has 0 bridgehead atoms. The van der Waals surface area contributed by atoms with Gasteiger partial charge in [-0.1, -0.05) is 11.6 Å². The van der Waals surface area contributed by atoms with Gasteiger partial charge in [-0.05, 0) is 74.9 Å². The molecule has 1 aromatic rings. The molecule has 1 heterocycles. The SMILES string of the molecule is Cc1c(CCC2=CCCCC2)ccnc1NC(N)=S. The first kappa shape index (κ1) is 14.0. The van der Waals surface area contributed by atoms with Crippen LogP contribution in [-0.2, 0) is 6.42 Å². The van der Waals surface area contributed by atoms with Crippen molar-refractivity contribution in [3.05, 3.63) is 35.0 Å². The number of hydrogen-bond acceptors (Lipinski definition) is 2. The Kier molecular flexibility index (Phi) is 4.91. The third kappa shape index (κ3) is 4.03. The Balaban J connectivity index is 2.03. The highest BCUT2D eigenvalue weighted by molar-refractivity contribution is 7.80. The fourth-order valence-corrected chi connectivity index (χ4v) is 2.61. The summed E-state index contributed by atoms with van der Waals surface area (Å²) in [5.74, 6) is 0.780. The third-order valence-electron chi connectivity index (χ3n) is 3.66. The normalized spacial score (nSPS) is 14.9. The maximum absolute atomic E-state index is 5.51. The zero-order valence-electron chi connectivity index (χ0n) is 11.4. The standard InChI is InChI=1S/C15H21N3S/c1-11-13(8-7-12-5-3-2-4-6-12)9-10-17-14(11)18-15(16)19/h5,9-10H,2-4,6-8H2,1H3,(H3,16,17,18,19). The second kappa shape index (κ2) is 6.66. The Hall–Kier alpha value is -1.42. The summed E-state index contributed by atoms with van der Waals surface area (Å²) in [5.41, 5.74) is 9.57. The van der Waals surface area contributed by atoms with Gasteiger partial charge < -0.3 is 11.1 Å². The van der Waals surface area contributed by atoms with E-state index >= 15 is 0 Å². The third-order valence-corrected chi connectivity index (χ3v) is 3.76. The predicted octanol–water partition coefficient (Wildman–Crippen LogP) is 3.48. The molecule has 3 nitrogen and oxygen atoms in total. The van der Waals surface area contributed by atoms with Crippen LogP contribution in [0, 0.1) is 6.92 Å². The molecule has 102 valence electrons. The van der Waals surface area contributed by atoms with Crippen LogP contribution in [0.1, 0.15) is 43.2 Å². The van der Waals surface area contributed by atoms with Gasteiger partial charge in [-0.3, -0.25) is 0 Å². The highest BCUT2D eigenvalue weighted by atomic mass is 32.1. The van der Waals surface area contributed by atoms with E-state index in [4.69, 9.17) is 18.0 Å². The molecule has 4 heteroatoms. The quantitative estimate of drug-likeness (QED) is 0.652. The second-order valence-corrected chi connectivity index (χ2v) is 5.48. The van der Waals surface area contributed by atoms with Gasteiger partial charge >= 0.3 is 0 Å². The average Bonchev–Trinajstić information content (AvgIpc) is 2.40. The van der Waals surface area contributed by atoms with Crippen molar-refractivity contribution in [2.75, 3.05) is 5.32 Å². The lowest BCUT2D eigenvalue weighted by Gasteiger charge is -2.14. The number of anilines is 1. The van der Waals surface area contributed by atoms with Crippen molar-refractivity contribution in [2.24, 2.45) is 5.73 Å². The molecule has 0 amide bonds. The zero-order valence-corrected chi connectivity index (χ0v) is 12.2. The number of nitrogens with zero attached hydrogens (tertiary/aromatic N) is 1. The predicted molar refractivity (Wildman–Crippen MR) is 84.3 cm³/mol. The number of nitrogens with two attached hydrogens (primary N) is 1. The van der Waals surface area contributed by atoms with Crippen molar-refractivity contribution < 1.29 is 0 Å². The topological polar surface area (TPSA) is 50.9 Å². The van der Waals surface area contributed by atoms with Gasteiger partial charge in [0.05, 0.1) is 0 Å². The summed E-state index contributed by atoms with van der Waals surface area (Å²) in [7, 11) is 0. The smallest absolute Gasteiger partial charge is 0.169 e. The molecule has 0 aliphatic heterocycles. The highest BCUT2D eigenvalue weighted by Gasteiger charge is 2.08. The molecule has 0 radical (unpaired) electrons. The maximum atomic E-state index is 5.51. The summed E-state index contributed by atoms with van der Waals surface area (Å²) in [5, 5.41) is 3.20. The van der Waals surface area contributed by atoms with Crippen molar-refractivity contribution in [1.29, 1.82) is 0 Å². The number of nitrogens with one attached hydrogen (secondary N) is 1. The Labute approximate surface area is 120 Å². The van der Waals surface area contributed by atoms with Gasteiger partial charge in [0, 0.05) is 6.20 Å². The highest BCUT2D eigenvalue weighted by Crippen LogP contribution is 2.24. The zero-order chi connectivity index (χ0) is 13.7. The van der Waals surface area contributed by atoms with Crippen LogP contribution < -0.4 is 11.1 Å². The molecule has 0 saturated heterocycles. The van der Waals surface area contributed by atoms with Gasteiger partial charge in [-0.15, -0.1) is 0 Å². The van der Waals surface area contributed by atoms with Crippen LogP contribution >= 0.6 is 12.2 Å². The van der Waals surface area contributed by atoms with Gasteiger partial charge in [-0.2, -0.15) is 0 Å². The molecule has 19 heavy (non-hydrogen) atoms. The van der Waals surface area contributed by atoms with Crippen molar-refractivity contribution >= 4 is 23.1 Å². The summed E-state index contributed by atoms with van der Waals surface area (Å²) in [6, 6.07) is 2.09. The van der Waals surface area contributed by atoms with Crippen LogP contribution in [0.15, 0.2) is 23.9 Å². The van der Waals surface area contributed by atoms with E-state index in [9.17, 15) is 0 Å². The molecule has 1 aliphatic rings. The molecule has 2 rings (SSSR count). The minimum absolute atomic E-state index is 0.266. The van der Waals surface area contributed by atoms with Gasteiger partial charge in [0.1, 0.15) is 5.82 Å². The van der Waals surface area contributed by atoms with E-state index in [0.717, 1.165) is 24.2 Å². The lowest BCUT2D eigenvalue weighted by atomic mass is 9.93. The number of thiocarbonyl (C=S) groups is 1. The van der Waals surface area contributed by atoms with Gasteiger partial charge in [-0.25, -0.2) is 4.98 Å². The molecule has 0 aromatic carbocycles. The van der Waals surface area contributed by atoms with Crippen LogP contribution in [0.2, 0.25) is 0 Å². The Morgan fingerprint density at radius 3 is 2.95 bits per heavy atom. The molecule has 0 saturated carbocycles. The molecule has 0 fully saturated rings. The van der Waals surface area contributed by atoms with Crippen LogP contribution in [0.4, 0.5) is 5.82 Å². The average molecular weight is 275 g/mol. The Morgan fingerprint density at radius 1 is 1.42 bits per heavy atom. The van der Waals surface area contributed by atoms with Gasteiger partial charge in [0.15, 0.2) is 5.11 Å². The summed E-state index contributed by atoms with van der Waals surface area (Å²) in [6.45, 7) is 2.07. The summed E-state index contributed by atoms with van der Waals surface area (Å²) in [4.78, 5) is 4.28. The number of hydrogen-bond donors (Lipinski definition) is 2. The maximum Gasteiger partial charge on any atom is 0.169 e. The Bertz CT molecular complexity index is 494. The minimum Gasteiger partial charge on any atom is -0.376 e. The van der Waals surface area contributed by atoms with E-state index in [-0.39, 0.29) is 5.11 Å². The van der Waals surface area contributed by atoms with Crippen molar-refractivity contribution in [1.82, 2.24) is 4.98 Å². The van der Waals surface area contributed by atoms with Crippen molar-refractivity contribution in [3.63, 3.8) is 0 Å². The monoisotopic (exact) mass is 275 g/mol. The first-order valence-electron chi connectivity index (χ1n) is 6.85. The fourth-order valence-electron chi connectivity index (χ4n) is 2.52. The van der Waals surface area contributed by atoms with Crippen molar-refractivity contribution in [2.45, 2.75) is 45.4 Å². The van der Waals surface area contributed by atoms with E-state index < -0.39 is 0 Å². The molecule has 3 N–H and O–H groups in total. The first-order chi connectivity index (χ1) is 9.16. The summed E-state index contributed by atoms with van der Waals surface area (Å²) >= 11 is 4.87. The van der Waals surface area contributed by atoms with Crippen LogP contribution in [-0.4, -0.2) is 10.1 Å². The first-order valence-corrected chi connectivity index (χ1v) is 7.26. The van der Waals surface area contributed by atoms with E-state index in [0.29, 0.717) is 0 Å². The lowest BCUT2D eigenvalue weighted by Crippen LogP contribution is -2.20. The van der Waals surface area contributed by atoms with Crippen LogP contribution in [0.5, 0.6) is 0 Å². The van der Waals surface area contributed by atoms with E-state index in [1.165, 1.54) is 31.2 Å². The number of aryl methyl sites for hydroxylation is 1. The van der Waals surface area contributed by atoms with Crippen LogP contribution in [0.3, 0.4) is 0 Å². The molecular formula is C15H21N3S. The van der Waals surface area contributed by atoms with Crippen molar-refractivity contribution in [3.8, 4) is 0 Å². The van der Waals surface area contributed by atoms with Gasteiger partial charge in [0.25, 0.3) is 0 Å². The second-order valence-electron chi connectivity index (χ2n) is 5.04. The molecule has 0 spiro atoms. The Morgan fingerprint density at radius 2 is 2.26 bits per heavy atom. The van der Waals surface area contributed by atoms with Crippen LogP contribution in [0.25, 0.3) is 0 Å². The molecule has 0 unspecified atom stereocenters. The summed E-state index contributed by atoms with van der Waals surface area (Å²) < 4.78 is 0. The minimum atomic E-state index is 0.266. The number of allylic oxidation sites excluding steroid dienone is 2. The molecule has 0 atom stereocenters. The molecule has 1 aromatic heterocycles. The fraction of sp³-hybridized carbons (Fsp3) is 0.467. The number of pyridine rings is 1. The largest absolute Gasteiger partial charge is 0.376 e. The van der Waals surface area contributed by atoms with E-state index in [1.54, 1.807) is 5.57 Å². The van der Waals surface area contributed by atoms with Gasteiger partial charge in [0.2, 0.25) is 0 Å². The molecular weight excluding hydrogens is 254 g/mol. The van der Waals surface area contributed by atoms with E-state index in [2.05, 4.69) is 29.4 Å².